The van der Waals surface area contributed by atoms with Gasteiger partial charge >= 0.3 is 21.3 Å². The molecular formula is C17H21ClN2O12P2. The lowest BCUT2D eigenvalue weighted by atomic mass is 10.1. The Morgan fingerprint density at radius 1 is 1.03 bits per heavy atom. The largest absolute Gasteiger partial charge is 0.481 e. The van der Waals surface area contributed by atoms with Gasteiger partial charge in [0, 0.05) is 23.8 Å². The minimum atomic E-state index is -5.36. The van der Waals surface area contributed by atoms with Crippen molar-refractivity contribution in [2.24, 2.45) is 0 Å². The van der Waals surface area contributed by atoms with Gasteiger partial charge in [-0.05, 0) is 24.1 Å². The Bertz CT molecular complexity index is 1230. The number of aromatic nitrogens is 2. The first kappa shape index (κ1) is 26.9. The van der Waals surface area contributed by atoms with E-state index >= 15 is 0 Å². The van der Waals surface area contributed by atoms with Crippen LogP contribution in [0, 0.1) is 0 Å². The summed E-state index contributed by atoms with van der Waals surface area (Å²) in [6.45, 7) is -0.932. The molecule has 0 saturated carbocycles. The summed E-state index contributed by atoms with van der Waals surface area (Å²) >= 11 is 5.84. The fourth-order valence-corrected chi connectivity index (χ4v) is 4.97. The molecule has 5 N–H and O–H groups in total. The van der Waals surface area contributed by atoms with Crippen LogP contribution in [0.25, 0.3) is 0 Å². The van der Waals surface area contributed by atoms with Gasteiger partial charge in [-0.15, -0.1) is 0 Å². The maximum absolute atomic E-state index is 12.9. The molecule has 1 saturated heterocycles. The number of nitrogens with zero attached hydrogens (tertiary/aromatic N) is 2. The van der Waals surface area contributed by atoms with Gasteiger partial charge in [-0.25, -0.2) is 13.9 Å². The van der Waals surface area contributed by atoms with Crippen LogP contribution in [0.5, 0.6) is 0 Å². The summed E-state index contributed by atoms with van der Waals surface area (Å²) < 4.78 is 37.5. The van der Waals surface area contributed by atoms with Crippen molar-refractivity contribution in [3.05, 3.63) is 68.0 Å². The van der Waals surface area contributed by atoms with E-state index in [2.05, 4.69) is 8.83 Å². The number of benzene rings is 1. The van der Waals surface area contributed by atoms with E-state index in [0.29, 0.717) is 11.4 Å². The minimum absolute atomic E-state index is 0.00848. The first-order chi connectivity index (χ1) is 15.8. The number of rotatable bonds is 9. The van der Waals surface area contributed by atoms with E-state index in [9.17, 15) is 33.8 Å². The molecular weight excluding hydrogens is 522 g/mol. The van der Waals surface area contributed by atoms with Crippen LogP contribution < -0.4 is 11.2 Å². The first-order valence-corrected chi connectivity index (χ1v) is 13.0. The summed E-state index contributed by atoms with van der Waals surface area (Å²) in [5.74, 6) is 0. The zero-order valence-electron chi connectivity index (χ0n) is 17.2. The van der Waals surface area contributed by atoms with Crippen LogP contribution in [0.3, 0.4) is 0 Å². The Morgan fingerprint density at radius 3 is 2.29 bits per heavy atom. The van der Waals surface area contributed by atoms with Crippen LogP contribution in [0.1, 0.15) is 11.8 Å². The summed E-state index contributed by atoms with van der Waals surface area (Å²) in [5.41, 5.74) is -0.655. The lowest BCUT2D eigenvalue weighted by Crippen LogP contribution is -2.43. The average molecular weight is 543 g/mol. The highest BCUT2D eigenvalue weighted by atomic mass is 35.5. The number of aliphatic hydroxyl groups is 2. The number of aliphatic hydroxyl groups excluding tert-OH is 2. The molecule has 1 fully saturated rings. The van der Waals surface area contributed by atoms with E-state index in [1.165, 1.54) is 0 Å². The number of phosphoric acid groups is 2. The van der Waals surface area contributed by atoms with Crippen LogP contribution in [-0.4, -0.2) is 58.9 Å². The molecule has 3 rings (SSSR count). The Kier molecular flexibility index (Phi) is 8.33. The average Bonchev–Trinajstić information content (AvgIpc) is 3.00. The summed E-state index contributed by atoms with van der Waals surface area (Å²) in [6.07, 6.45) is -5.05. The molecule has 2 heterocycles. The molecule has 188 valence electrons. The van der Waals surface area contributed by atoms with Crippen LogP contribution >= 0.6 is 27.2 Å². The molecule has 17 heteroatoms. The van der Waals surface area contributed by atoms with Gasteiger partial charge in [0.25, 0.3) is 5.56 Å². The van der Waals surface area contributed by atoms with Crippen molar-refractivity contribution in [2.45, 2.75) is 37.5 Å². The first-order valence-electron chi connectivity index (χ1n) is 9.60. The van der Waals surface area contributed by atoms with E-state index in [4.69, 9.17) is 26.1 Å². The highest BCUT2D eigenvalue weighted by molar-refractivity contribution is 7.60. The monoisotopic (exact) mass is 542 g/mol. The zero-order chi connectivity index (χ0) is 25.3. The zero-order valence-corrected chi connectivity index (χ0v) is 19.7. The van der Waals surface area contributed by atoms with Crippen molar-refractivity contribution in [1.82, 2.24) is 9.13 Å². The molecule has 34 heavy (non-hydrogen) atoms. The van der Waals surface area contributed by atoms with Gasteiger partial charge in [0.2, 0.25) is 0 Å². The van der Waals surface area contributed by atoms with Gasteiger partial charge in [0.15, 0.2) is 6.23 Å². The second-order valence-electron chi connectivity index (χ2n) is 7.25. The highest BCUT2D eigenvalue weighted by Crippen LogP contribution is 2.57. The third-order valence-electron chi connectivity index (χ3n) is 4.86. The Morgan fingerprint density at radius 2 is 1.68 bits per heavy atom. The Labute approximate surface area is 196 Å². The number of ether oxygens (including phenoxy) is 1. The lowest BCUT2D eigenvalue weighted by molar-refractivity contribution is -0.0548. The van der Waals surface area contributed by atoms with Crippen molar-refractivity contribution in [1.29, 1.82) is 0 Å². The standard InChI is InChI=1S/C17H21ClN2O12P2/c18-11-3-1-10(2-4-11)5-7-19-13(21)6-8-20(17(19)24)16-15(23)14(22)12(31-16)9-30-34(28,29)32-33(25,26)27/h1-4,6,8,12,14-16,22-23H,5,7,9H2,(H,28,29)(H2,25,26,27)/t12-,14?,15+,16-/m1/s1. The fourth-order valence-electron chi connectivity index (χ4n) is 3.25. The quantitative estimate of drug-likeness (QED) is 0.260. The second kappa shape index (κ2) is 10.5. The SMILES string of the molecule is O=c1ccn([C@@H]2O[C@H](COP(=O)(O)OP(=O)(O)O)C(O)[C@@H]2O)c(=O)n1CCc1ccc(Cl)cc1. The van der Waals surface area contributed by atoms with Crippen LogP contribution in [0.4, 0.5) is 0 Å². The van der Waals surface area contributed by atoms with E-state index in [-0.39, 0.29) is 6.54 Å². The molecule has 1 aromatic heterocycles. The van der Waals surface area contributed by atoms with Gasteiger partial charge < -0.3 is 29.6 Å². The van der Waals surface area contributed by atoms with Gasteiger partial charge in [-0.1, -0.05) is 23.7 Å². The summed E-state index contributed by atoms with van der Waals surface area (Å²) in [6, 6.07) is 7.84. The third kappa shape index (κ3) is 6.72. The predicted octanol–water partition coefficient (Wildman–Crippen LogP) is -0.248. The molecule has 0 spiro atoms. The van der Waals surface area contributed by atoms with Gasteiger partial charge in [0.1, 0.15) is 18.3 Å². The Balaban J connectivity index is 1.75. The number of phosphoric ester groups is 1. The summed E-state index contributed by atoms with van der Waals surface area (Å²) in [5, 5.41) is 21.1. The van der Waals surface area contributed by atoms with E-state index in [0.717, 1.165) is 27.0 Å². The molecule has 2 unspecified atom stereocenters. The molecule has 1 aliphatic rings. The van der Waals surface area contributed by atoms with Crippen molar-refractivity contribution < 1.29 is 47.6 Å². The van der Waals surface area contributed by atoms with Gasteiger partial charge in [0.05, 0.1) is 6.61 Å². The summed E-state index contributed by atoms with van der Waals surface area (Å²) in [7, 11) is -10.6. The van der Waals surface area contributed by atoms with Gasteiger partial charge in [-0.3, -0.25) is 18.5 Å². The normalized spacial score (nSPS) is 24.8. The highest BCUT2D eigenvalue weighted by Gasteiger charge is 2.45. The lowest BCUT2D eigenvalue weighted by Gasteiger charge is -2.19. The fraction of sp³-hybridized carbons (Fsp3) is 0.412. The Hall–Kier alpha value is -1.67. The molecule has 14 nitrogen and oxygen atoms in total. The maximum atomic E-state index is 12.9. The summed E-state index contributed by atoms with van der Waals surface area (Å²) in [4.78, 5) is 51.7. The smallest absolute Gasteiger partial charge is 0.387 e. The number of halogens is 1. The topological polar surface area (TPSA) is 207 Å². The van der Waals surface area contributed by atoms with Crippen molar-refractivity contribution in [3.63, 3.8) is 0 Å². The molecule has 1 aromatic carbocycles. The molecule has 0 bridgehead atoms. The van der Waals surface area contributed by atoms with Crippen molar-refractivity contribution in [3.8, 4) is 0 Å². The van der Waals surface area contributed by atoms with E-state index in [1.54, 1.807) is 24.3 Å². The van der Waals surface area contributed by atoms with Gasteiger partial charge in [-0.2, -0.15) is 4.31 Å². The molecule has 1 aliphatic heterocycles. The maximum Gasteiger partial charge on any atom is 0.481 e. The number of aryl methyl sites for hydroxylation is 1. The third-order valence-corrected chi connectivity index (χ3v) is 7.26. The predicted molar refractivity (Wildman–Crippen MR) is 115 cm³/mol. The molecule has 0 radical (unpaired) electrons. The minimum Gasteiger partial charge on any atom is -0.387 e. The van der Waals surface area contributed by atoms with Crippen molar-refractivity contribution in [2.75, 3.05) is 6.61 Å². The van der Waals surface area contributed by atoms with Crippen LogP contribution in [0.15, 0.2) is 46.1 Å². The molecule has 0 amide bonds. The number of hydrogen-bond donors (Lipinski definition) is 5. The molecule has 5 atom stereocenters. The van der Waals surface area contributed by atoms with E-state index < -0.39 is 58.0 Å². The van der Waals surface area contributed by atoms with Crippen LogP contribution in [0.2, 0.25) is 5.02 Å². The number of hydrogen-bond acceptors (Lipinski definition) is 9. The van der Waals surface area contributed by atoms with E-state index in [1.807, 2.05) is 0 Å². The van der Waals surface area contributed by atoms with Crippen molar-refractivity contribution >= 4 is 27.2 Å². The molecule has 0 aliphatic carbocycles. The molecule has 2 aromatic rings. The second-order valence-corrected chi connectivity index (χ2v) is 10.5. The van der Waals surface area contributed by atoms with Crippen LogP contribution in [-0.2, 0) is 35.7 Å².